The van der Waals surface area contributed by atoms with E-state index >= 15 is 0 Å². The minimum atomic E-state index is -0.585. The lowest BCUT2D eigenvalue weighted by molar-refractivity contribution is -0.122. The van der Waals surface area contributed by atoms with Crippen molar-refractivity contribution in [2.45, 2.75) is 43.7 Å². The van der Waals surface area contributed by atoms with E-state index in [1.165, 1.54) is 0 Å². The zero-order valence-electron chi connectivity index (χ0n) is 11.3. The summed E-state index contributed by atoms with van der Waals surface area (Å²) in [5, 5.41) is 12.5. The Morgan fingerprint density at radius 2 is 1.85 bits per heavy atom. The fraction of sp³-hybridized carbons (Fsp3) is 0.467. The van der Waals surface area contributed by atoms with Crippen LogP contribution in [-0.4, -0.2) is 28.1 Å². The van der Waals surface area contributed by atoms with Crippen molar-refractivity contribution in [1.82, 2.24) is 5.32 Å². The summed E-state index contributed by atoms with van der Waals surface area (Å²) >= 11 is 5.04. The molecule has 0 spiro atoms. The Labute approximate surface area is 124 Å². The number of thiocarbonyl (C=S) groups is 1. The average molecular weight is 292 g/mol. The van der Waals surface area contributed by atoms with Crippen molar-refractivity contribution in [2.75, 3.05) is 0 Å². The van der Waals surface area contributed by atoms with Crippen molar-refractivity contribution in [3.05, 3.63) is 35.9 Å². The van der Waals surface area contributed by atoms with Crippen LogP contribution < -0.4 is 11.1 Å². The van der Waals surface area contributed by atoms with Gasteiger partial charge in [-0.3, -0.25) is 4.79 Å². The van der Waals surface area contributed by atoms with Crippen LogP contribution in [0.3, 0.4) is 0 Å². The molecule has 1 amide bonds. The molecule has 1 aliphatic carbocycles. The summed E-state index contributed by atoms with van der Waals surface area (Å²) in [6, 6.07) is 9.43. The molecule has 1 aromatic rings. The molecule has 0 heterocycles. The fourth-order valence-corrected chi connectivity index (χ4v) is 2.84. The first kappa shape index (κ1) is 14.9. The van der Waals surface area contributed by atoms with Crippen LogP contribution in [0.5, 0.6) is 0 Å². The number of aliphatic hydroxyl groups is 1. The molecule has 5 heteroatoms. The smallest absolute Gasteiger partial charge is 0.234 e. The van der Waals surface area contributed by atoms with E-state index in [9.17, 15) is 9.90 Å². The van der Waals surface area contributed by atoms with Gasteiger partial charge in [0.25, 0.3) is 0 Å². The molecular formula is C15H20N2O2S. The molecule has 0 saturated heterocycles. The van der Waals surface area contributed by atoms with Crippen molar-refractivity contribution >= 4 is 23.1 Å². The Hall–Kier alpha value is -1.46. The third kappa shape index (κ3) is 3.77. The maximum Gasteiger partial charge on any atom is 0.234 e. The molecule has 1 atom stereocenters. The number of nitrogens with one attached hydrogen (secondary N) is 1. The van der Waals surface area contributed by atoms with Gasteiger partial charge < -0.3 is 16.2 Å². The first-order valence-electron chi connectivity index (χ1n) is 6.90. The summed E-state index contributed by atoms with van der Waals surface area (Å²) < 4.78 is 0. The predicted molar refractivity (Wildman–Crippen MR) is 82.4 cm³/mol. The molecule has 20 heavy (non-hydrogen) atoms. The van der Waals surface area contributed by atoms with Crippen molar-refractivity contribution in [3.63, 3.8) is 0 Å². The molecule has 1 unspecified atom stereocenters. The predicted octanol–water partition coefficient (Wildman–Crippen LogP) is 1.48. The van der Waals surface area contributed by atoms with Crippen LogP contribution in [0, 0.1) is 0 Å². The molecule has 0 aliphatic heterocycles. The number of hydrogen-bond acceptors (Lipinski definition) is 3. The molecule has 108 valence electrons. The van der Waals surface area contributed by atoms with Crippen LogP contribution in [0.4, 0.5) is 0 Å². The van der Waals surface area contributed by atoms with E-state index in [1.54, 1.807) is 0 Å². The Morgan fingerprint density at radius 3 is 2.40 bits per heavy atom. The van der Waals surface area contributed by atoms with Crippen LogP contribution >= 0.6 is 12.2 Å². The van der Waals surface area contributed by atoms with Gasteiger partial charge in [-0.1, -0.05) is 42.5 Å². The Bertz CT molecular complexity index is 470. The number of amides is 1. The number of benzene rings is 1. The Balaban J connectivity index is 2.03. The minimum absolute atomic E-state index is 0.103. The summed E-state index contributed by atoms with van der Waals surface area (Å²) in [5.74, 6) is -0.733. The average Bonchev–Trinajstić information content (AvgIpc) is 2.42. The van der Waals surface area contributed by atoms with E-state index in [1.807, 2.05) is 30.3 Å². The van der Waals surface area contributed by atoms with E-state index in [-0.39, 0.29) is 23.0 Å². The van der Waals surface area contributed by atoms with Gasteiger partial charge >= 0.3 is 0 Å². The summed E-state index contributed by atoms with van der Waals surface area (Å²) in [6.07, 6.45) is 2.82. The SMILES string of the molecule is NC(=S)C(C(=O)NC1CCC(O)CC1)c1ccccc1. The molecule has 1 saturated carbocycles. The zero-order valence-corrected chi connectivity index (χ0v) is 12.1. The number of carbonyl (C=O) groups excluding carboxylic acids is 1. The topological polar surface area (TPSA) is 75.4 Å². The summed E-state index contributed by atoms with van der Waals surface area (Å²) in [7, 11) is 0. The third-order valence-electron chi connectivity index (χ3n) is 3.72. The second-order valence-corrected chi connectivity index (χ2v) is 5.73. The van der Waals surface area contributed by atoms with Gasteiger partial charge in [0.2, 0.25) is 5.91 Å². The summed E-state index contributed by atoms with van der Waals surface area (Å²) in [6.45, 7) is 0. The maximum atomic E-state index is 12.4. The Morgan fingerprint density at radius 1 is 1.25 bits per heavy atom. The van der Waals surface area contributed by atoms with Gasteiger partial charge in [-0.25, -0.2) is 0 Å². The van der Waals surface area contributed by atoms with E-state index in [0.29, 0.717) is 0 Å². The highest BCUT2D eigenvalue weighted by Crippen LogP contribution is 2.21. The van der Waals surface area contributed by atoms with E-state index in [2.05, 4.69) is 5.32 Å². The van der Waals surface area contributed by atoms with Gasteiger partial charge in [0, 0.05) is 6.04 Å². The summed E-state index contributed by atoms with van der Waals surface area (Å²) in [5.41, 5.74) is 6.54. The highest BCUT2D eigenvalue weighted by atomic mass is 32.1. The van der Waals surface area contributed by atoms with E-state index in [0.717, 1.165) is 31.2 Å². The molecule has 1 aromatic carbocycles. The molecule has 1 fully saturated rings. The zero-order chi connectivity index (χ0) is 14.5. The minimum Gasteiger partial charge on any atom is -0.393 e. The first-order chi connectivity index (χ1) is 9.58. The molecule has 0 radical (unpaired) electrons. The second kappa shape index (κ2) is 6.81. The second-order valence-electron chi connectivity index (χ2n) is 5.26. The molecule has 0 aromatic heterocycles. The van der Waals surface area contributed by atoms with Crippen molar-refractivity contribution in [2.24, 2.45) is 5.73 Å². The van der Waals surface area contributed by atoms with Gasteiger partial charge in [0.15, 0.2) is 0 Å². The number of hydrogen-bond donors (Lipinski definition) is 3. The number of carbonyl (C=O) groups is 1. The Kier molecular flexibility index (Phi) is 5.09. The molecule has 4 N–H and O–H groups in total. The van der Waals surface area contributed by atoms with Crippen molar-refractivity contribution < 1.29 is 9.90 Å². The molecular weight excluding hydrogens is 272 g/mol. The van der Waals surface area contributed by atoms with Crippen LogP contribution in [0.15, 0.2) is 30.3 Å². The van der Waals surface area contributed by atoms with Gasteiger partial charge in [-0.2, -0.15) is 0 Å². The molecule has 2 rings (SSSR count). The van der Waals surface area contributed by atoms with Gasteiger partial charge in [0.1, 0.15) is 5.92 Å². The molecule has 1 aliphatic rings. The van der Waals surface area contributed by atoms with Gasteiger partial charge in [0.05, 0.1) is 11.1 Å². The highest BCUT2D eigenvalue weighted by Gasteiger charge is 2.27. The normalized spacial score (nSPS) is 23.9. The van der Waals surface area contributed by atoms with Gasteiger partial charge in [-0.05, 0) is 31.2 Å². The fourth-order valence-electron chi connectivity index (χ4n) is 2.60. The molecule has 4 nitrogen and oxygen atoms in total. The van der Waals surface area contributed by atoms with E-state index in [4.69, 9.17) is 18.0 Å². The third-order valence-corrected chi connectivity index (χ3v) is 3.96. The lowest BCUT2D eigenvalue weighted by atomic mass is 9.91. The monoisotopic (exact) mass is 292 g/mol. The maximum absolute atomic E-state index is 12.4. The van der Waals surface area contributed by atoms with Crippen LogP contribution in [0.2, 0.25) is 0 Å². The summed E-state index contributed by atoms with van der Waals surface area (Å²) in [4.78, 5) is 12.6. The lowest BCUT2D eigenvalue weighted by Crippen LogP contribution is -2.43. The number of nitrogens with two attached hydrogens (primary N) is 1. The molecule has 0 bridgehead atoms. The van der Waals surface area contributed by atoms with Crippen molar-refractivity contribution in [3.8, 4) is 0 Å². The largest absolute Gasteiger partial charge is 0.393 e. The van der Waals surface area contributed by atoms with Gasteiger partial charge in [-0.15, -0.1) is 0 Å². The highest BCUT2D eigenvalue weighted by molar-refractivity contribution is 7.80. The van der Waals surface area contributed by atoms with E-state index < -0.39 is 5.92 Å². The quantitative estimate of drug-likeness (QED) is 0.735. The van der Waals surface area contributed by atoms with Crippen LogP contribution in [0.1, 0.15) is 37.2 Å². The van der Waals surface area contributed by atoms with Crippen LogP contribution in [-0.2, 0) is 4.79 Å². The number of rotatable bonds is 4. The van der Waals surface area contributed by atoms with Crippen molar-refractivity contribution in [1.29, 1.82) is 0 Å². The standard InChI is InChI=1S/C15H20N2O2S/c16-14(20)13(10-4-2-1-3-5-10)15(19)17-11-6-8-12(18)9-7-11/h1-5,11-13,18H,6-9H2,(H2,16,20)(H,17,19). The lowest BCUT2D eigenvalue weighted by Gasteiger charge is -2.27. The van der Waals surface area contributed by atoms with Crippen LogP contribution in [0.25, 0.3) is 0 Å². The number of aliphatic hydroxyl groups excluding tert-OH is 1. The first-order valence-corrected chi connectivity index (χ1v) is 7.31.